The lowest BCUT2D eigenvalue weighted by Gasteiger charge is -2.16. The van der Waals surface area contributed by atoms with Gasteiger partial charge in [-0.25, -0.2) is 9.89 Å². The first-order valence-electron chi connectivity index (χ1n) is 8.44. The maximum Gasteiger partial charge on any atom is 0.407 e. The van der Waals surface area contributed by atoms with Crippen molar-refractivity contribution in [1.29, 1.82) is 0 Å². The molecule has 1 amide bonds. The lowest BCUT2D eigenvalue weighted by atomic mass is 9.99. The molecular formula is C18H18ClN5O4. The summed E-state index contributed by atoms with van der Waals surface area (Å²) in [5, 5.41) is 35.6. The van der Waals surface area contributed by atoms with Crippen LogP contribution in [0.4, 0.5) is 4.79 Å². The van der Waals surface area contributed by atoms with E-state index in [2.05, 4.69) is 25.9 Å². The lowest BCUT2D eigenvalue weighted by Crippen LogP contribution is -2.28. The minimum absolute atomic E-state index is 0.00750. The predicted octanol–water partition coefficient (Wildman–Crippen LogP) is 2.37. The van der Waals surface area contributed by atoms with E-state index < -0.39 is 12.0 Å². The average molecular weight is 404 g/mol. The number of aromatic amines is 1. The fourth-order valence-corrected chi connectivity index (χ4v) is 2.90. The van der Waals surface area contributed by atoms with Gasteiger partial charge in [0, 0.05) is 11.6 Å². The van der Waals surface area contributed by atoms with Gasteiger partial charge in [0.15, 0.2) is 17.3 Å². The number of hydrogen-bond donors (Lipinski definition) is 4. The van der Waals surface area contributed by atoms with Gasteiger partial charge in [0.25, 0.3) is 0 Å². The van der Waals surface area contributed by atoms with E-state index in [1.807, 2.05) is 12.1 Å². The molecule has 0 aliphatic carbocycles. The molecule has 2 aromatic carbocycles. The topological polar surface area (TPSA) is 133 Å². The summed E-state index contributed by atoms with van der Waals surface area (Å²) in [5.41, 5.74) is 1.49. The fraction of sp³-hybridized carbons (Fsp3) is 0.222. The number of aromatic nitrogens is 4. The molecule has 0 saturated carbocycles. The first-order valence-corrected chi connectivity index (χ1v) is 8.82. The number of halogens is 1. The van der Waals surface area contributed by atoms with Crippen LogP contribution in [-0.2, 0) is 11.2 Å². The number of H-pyrrole nitrogens is 1. The van der Waals surface area contributed by atoms with Crippen molar-refractivity contribution in [2.75, 3.05) is 13.2 Å². The van der Waals surface area contributed by atoms with Crippen LogP contribution < -0.4 is 5.32 Å². The van der Waals surface area contributed by atoms with Crippen molar-refractivity contribution in [2.24, 2.45) is 0 Å². The number of nitrogens with one attached hydrogen (secondary N) is 2. The Balaban J connectivity index is 1.55. The molecule has 0 bridgehead atoms. The van der Waals surface area contributed by atoms with Gasteiger partial charge >= 0.3 is 6.09 Å². The van der Waals surface area contributed by atoms with Gasteiger partial charge in [-0.3, -0.25) is 0 Å². The van der Waals surface area contributed by atoms with E-state index in [-0.39, 0.29) is 18.1 Å². The first-order chi connectivity index (χ1) is 13.5. The fourth-order valence-electron chi connectivity index (χ4n) is 2.63. The third-order valence-corrected chi connectivity index (χ3v) is 4.42. The van der Waals surface area contributed by atoms with E-state index in [1.54, 1.807) is 18.2 Å². The van der Waals surface area contributed by atoms with Crippen molar-refractivity contribution in [3.8, 4) is 11.5 Å². The van der Waals surface area contributed by atoms with Crippen molar-refractivity contribution in [3.63, 3.8) is 0 Å². The van der Waals surface area contributed by atoms with Crippen molar-refractivity contribution in [3.05, 3.63) is 64.4 Å². The summed E-state index contributed by atoms with van der Waals surface area (Å²) in [6.07, 6.45) is -0.143. The molecule has 3 aromatic rings. The molecule has 146 valence electrons. The number of rotatable bonds is 7. The smallest absolute Gasteiger partial charge is 0.407 e. The monoisotopic (exact) mass is 403 g/mol. The van der Waals surface area contributed by atoms with E-state index in [0.29, 0.717) is 23.8 Å². The molecule has 1 heterocycles. The molecule has 0 fully saturated rings. The number of phenols is 2. The highest BCUT2D eigenvalue weighted by Gasteiger charge is 2.22. The molecule has 0 aliphatic heterocycles. The Morgan fingerprint density at radius 3 is 2.75 bits per heavy atom. The Morgan fingerprint density at radius 1 is 1.21 bits per heavy atom. The summed E-state index contributed by atoms with van der Waals surface area (Å²) in [4.78, 5) is 12.0. The van der Waals surface area contributed by atoms with Crippen LogP contribution in [0.25, 0.3) is 0 Å². The molecule has 1 atom stereocenters. The highest BCUT2D eigenvalue weighted by molar-refractivity contribution is 6.31. The van der Waals surface area contributed by atoms with Gasteiger partial charge in [-0.2, -0.15) is 0 Å². The number of carbonyl (C=O) groups excluding carboxylic acids is 1. The zero-order valence-electron chi connectivity index (χ0n) is 14.7. The number of ether oxygens (including phenoxy) is 1. The average Bonchev–Trinajstić information content (AvgIpc) is 3.21. The third-order valence-electron chi connectivity index (χ3n) is 4.08. The quantitative estimate of drug-likeness (QED) is 0.445. The number of benzene rings is 2. The Bertz CT molecular complexity index is 935. The van der Waals surface area contributed by atoms with Crippen molar-refractivity contribution >= 4 is 17.7 Å². The van der Waals surface area contributed by atoms with E-state index in [4.69, 9.17) is 16.3 Å². The summed E-state index contributed by atoms with van der Waals surface area (Å²) >= 11 is 6.25. The maximum atomic E-state index is 12.0. The number of aromatic hydroxyl groups is 2. The van der Waals surface area contributed by atoms with Gasteiger partial charge in [-0.15, -0.1) is 5.10 Å². The molecule has 28 heavy (non-hydrogen) atoms. The van der Waals surface area contributed by atoms with Gasteiger partial charge in [-0.05, 0) is 46.2 Å². The summed E-state index contributed by atoms with van der Waals surface area (Å²) in [7, 11) is 0. The van der Waals surface area contributed by atoms with E-state index in [1.165, 1.54) is 12.1 Å². The second kappa shape index (κ2) is 9.05. The number of amides is 1. The van der Waals surface area contributed by atoms with Gasteiger partial charge in [0.05, 0.1) is 5.92 Å². The Morgan fingerprint density at radius 2 is 2.04 bits per heavy atom. The van der Waals surface area contributed by atoms with Crippen LogP contribution in [0.5, 0.6) is 11.5 Å². The van der Waals surface area contributed by atoms with Crippen LogP contribution in [0.2, 0.25) is 5.02 Å². The summed E-state index contributed by atoms with van der Waals surface area (Å²) in [6, 6.07) is 11.7. The number of phenolic OH excluding ortho intramolecular Hbond substituents is 2. The van der Waals surface area contributed by atoms with E-state index in [0.717, 1.165) is 11.1 Å². The van der Waals surface area contributed by atoms with Gasteiger partial charge in [0.2, 0.25) is 0 Å². The largest absolute Gasteiger partial charge is 0.504 e. The number of nitrogens with zero attached hydrogens (tertiary/aromatic N) is 3. The predicted molar refractivity (Wildman–Crippen MR) is 100 cm³/mol. The molecule has 0 spiro atoms. The Kier molecular flexibility index (Phi) is 6.28. The van der Waals surface area contributed by atoms with Crippen LogP contribution in [0.3, 0.4) is 0 Å². The van der Waals surface area contributed by atoms with Crippen molar-refractivity contribution < 1.29 is 19.7 Å². The highest BCUT2D eigenvalue weighted by atomic mass is 35.5. The molecule has 0 radical (unpaired) electrons. The minimum Gasteiger partial charge on any atom is -0.504 e. The highest BCUT2D eigenvalue weighted by Crippen LogP contribution is 2.28. The number of hydrogen-bond acceptors (Lipinski definition) is 7. The standard InChI is InChI=1S/C18H18ClN5O4/c19-14-4-2-1-3-12(14)13(17-21-23-24-22-17)10-28-18(27)20-8-7-11-5-6-15(25)16(26)9-11/h1-6,9,13,25-26H,7-8,10H2,(H,20,27)(H,21,22,23,24). The van der Waals surface area contributed by atoms with Gasteiger partial charge < -0.3 is 20.3 Å². The molecular weight excluding hydrogens is 386 g/mol. The Hall–Kier alpha value is -3.33. The zero-order chi connectivity index (χ0) is 19.9. The van der Waals surface area contributed by atoms with Crippen LogP contribution in [0.15, 0.2) is 42.5 Å². The number of carbonyl (C=O) groups is 1. The summed E-state index contributed by atoms with van der Waals surface area (Å²) in [5.74, 6) is -0.407. The second-order valence-corrected chi connectivity index (χ2v) is 6.37. The van der Waals surface area contributed by atoms with Crippen molar-refractivity contribution in [1.82, 2.24) is 25.9 Å². The van der Waals surface area contributed by atoms with Crippen LogP contribution in [-0.4, -0.2) is 50.1 Å². The zero-order valence-corrected chi connectivity index (χ0v) is 15.4. The number of alkyl carbamates (subject to hydrolysis) is 1. The molecule has 0 saturated heterocycles. The molecule has 1 unspecified atom stereocenters. The van der Waals surface area contributed by atoms with Crippen LogP contribution >= 0.6 is 11.6 Å². The molecule has 1 aromatic heterocycles. The van der Waals surface area contributed by atoms with Gasteiger partial charge in [-0.1, -0.05) is 35.9 Å². The first kappa shape index (κ1) is 19.4. The Labute approximate surface area is 165 Å². The van der Waals surface area contributed by atoms with E-state index >= 15 is 0 Å². The minimum atomic E-state index is -0.604. The van der Waals surface area contributed by atoms with Gasteiger partial charge in [0.1, 0.15) is 6.61 Å². The van der Waals surface area contributed by atoms with Crippen LogP contribution in [0.1, 0.15) is 22.9 Å². The van der Waals surface area contributed by atoms with Crippen molar-refractivity contribution in [2.45, 2.75) is 12.3 Å². The molecule has 10 heteroatoms. The summed E-state index contributed by atoms with van der Waals surface area (Å²) in [6.45, 7) is 0.288. The molecule has 4 N–H and O–H groups in total. The normalized spacial score (nSPS) is 11.8. The molecule has 3 rings (SSSR count). The second-order valence-electron chi connectivity index (χ2n) is 5.96. The lowest BCUT2D eigenvalue weighted by molar-refractivity contribution is 0.142. The summed E-state index contributed by atoms with van der Waals surface area (Å²) < 4.78 is 5.30. The molecule has 0 aliphatic rings. The third kappa shape index (κ3) is 4.89. The van der Waals surface area contributed by atoms with Crippen LogP contribution in [0, 0.1) is 0 Å². The number of tetrazole rings is 1. The molecule has 9 nitrogen and oxygen atoms in total. The maximum absolute atomic E-state index is 12.0. The van der Waals surface area contributed by atoms with E-state index in [9.17, 15) is 15.0 Å². The SMILES string of the molecule is O=C(NCCc1ccc(O)c(O)c1)OCC(c1nnn[nH]1)c1ccccc1Cl.